The molecule has 3 nitrogen and oxygen atoms in total. The van der Waals surface area contributed by atoms with Crippen LogP contribution in [0.3, 0.4) is 0 Å². The average Bonchev–Trinajstić information content (AvgIpc) is 2.59. The first-order valence-corrected chi connectivity index (χ1v) is 8.28. The Morgan fingerprint density at radius 1 is 1.04 bits per heavy atom. The van der Waals surface area contributed by atoms with E-state index < -0.39 is 0 Å². The molecule has 0 unspecified atom stereocenters. The standard InChI is InChI=1S/C19H22ClNO2/c1-3-17(4-2)21-19(22)15-7-5-14(6-8-15)13-23-18-11-9-16(20)10-12-18/h5-12,17H,3-4,13H2,1-2H3,(H,21,22). The van der Waals surface area contributed by atoms with Gasteiger partial charge < -0.3 is 10.1 Å². The maximum atomic E-state index is 12.1. The number of rotatable bonds is 7. The van der Waals surface area contributed by atoms with E-state index in [1.807, 2.05) is 36.4 Å². The lowest BCUT2D eigenvalue weighted by atomic mass is 10.1. The molecular weight excluding hydrogens is 310 g/mol. The molecule has 0 aromatic heterocycles. The summed E-state index contributed by atoms with van der Waals surface area (Å²) >= 11 is 5.84. The van der Waals surface area contributed by atoms with Gasteiger partial charge in [-0.2, -0.15) is 0 Å². The van der Waals surface area contributed by atoms with Gasteiger partial charge >= 0.3 is 0 Å². The monoisotopic (exact) mass is 331 g/mol. The number of hydrogen-bond acceptors (Lipinski definition) is 2. The summed E-state index contributed by atoms with van der Waals surface area (Å²) in [5.41, 5.74) is 1.69. The van der Waals surface area contributed by atoms with Crippen LogP contribution in [0.15, 0.2) is 48.5 Å². The van der Waals surface area contributed by atoms with Gasteiger partial charge in [-0.3, -0.25) is 4.79 Å². The van der Waals surface area contributed by atoms with Crippen LogP contribution < -0.4 is 10.1 Å². The summed E-state index contributed by atoms with van der Waals surface area (Å²) in [6, 6.07) is 15.0. The van der Waals surface area contributed by atoms with Crippen LogP contribution in [0.4, 0.5) is 0 Å². The van der Waals surface area contributed by atoms with E-state index in [9.17, 15) is 4.79 Å². The minimum absolute atomic E-state index is 0.0242. The van der Waals surface area contributed by atoms with Crippen molar-refractivity contribution >= 4 is 17.5 Å². The second-order valence-electron chi connectivity index (χ2n) is 5.43. The van der Waals surface area contributed by atoms with Crippen LogP contribution in [0.25, 0.3) is 0 Å². The fraction of sp³-hybridized carbons (Fsp3) is 0.316. The van der Waals surface area contributed by atoms with E-state index in [-0.39, 0.29) is 11.9 Å². The first-order chi connectivity index (χ1) is 11.1. The lowest BCUT2D eigenvalue weighted by molar-refractivity contribution is 0.0935. The number of halogens is 1. The Balaban J connectivity index is 1.91. The van der Waals surface area contributed by atoms with Gasteiger partial charge in [0.15, 0.2) is 0 Å². The molecule has 2 aromatic carbocycles. The predicted octanol–water partition coefficient (Wildman–Crippen LogP) is 4.84. The molecule has 0 aliphatic rings. The zero-order chi connectivity index (χ0) is 16.7. The number of nitrogens with one attached hydrogen (secondary N) is 1. The third-order valence-electron chi connectivity index (χ3n) is 3.76. The molecule has 2 rings (SSSR count). The van der Waals surface area contributed by atoms with Crippen molar-refractivity contribution in [2.24, 2.45) is 0 Å². The molecule has 2 aromatic rings. The number of ether oxygens (including phenoxy) is 1. The Morgan fingerprint density at radius 3 is 2.22 bits per heavy atom. The quantitative estimate of drug-likeness (QED) is 0.788. The molecule has 0 saturated heterocycles. The molecule has 0 radical (unpaired) electrons. The van der Waals surface area contributed by atoms with Crippen molar-refractivity contribution < 1.29 is 9.53 Å². The lowest BCUT2D eigenvalue weighted by Crippen LogP contribution is -2.33. The smallest absolute Gasteiger partial charge is 0.251 e. The van der Waals surface area contributed by atoms with E-state index in [1.54, 1.807) is 12.1 Å². The fourth-order valence-corrected chi connectivity index (χ4v) is 2.34. The Hall–Kier alpha value is -2.00. The van der Waals surface area contributed by atoms with Crippen LogP contribution in [-0.2, 0) is 6.61 Å². The largest absolute Gasteiger partial charge is 0.489 e. The van der Waals surface area contributed by atoms with Crippen LogP contribution in [0, 0.1) is 0 Å². The molecule has 0 heterocycles. The van der Waals surface area contributed by atoms with Crippen molar-refractivity contribution in [3.63, 3.8) is 0 Å². The van der Waals surface area contributed by atoms with Gasteiger partial charge in [0.05, 0.1) is 0 Å². The summed E-state index contributed by atoms with van der Waals surface area (Å²) < 4.78 is 5.69. The minimum atomic E-state index is -0.0242. The molecule has 122 valence electrons. The molecule has 0 spiro atoms. The first-order valence-electron chi connectivity index (χ1n) is 7.90. The highest BCUT2D eigenvalue weighted by Gasteiger charge is 2.10. The lowest BCUT2D eigenvalue weighted by Gasteiger charge is -2.14. The molecule has 4 heteroatoms. The van der Waals surface area contributed by atoms with Gasteiger partial charge in [-0.1, -0.05) is 37.6 Å². The number of carbonyl (C=O) groups is 1. The maximum absolute atomic E-state index is 12.1. The number of benzene rings is 2. The van der Waals surface area contributed by atoms with Crippen molar-refractivity contribution in [2.45, 2.75) is 39.3 Å². The second-order valence-corrected chi connectivity index (χ2v) is 5.86. The molecule has 0 aliphatic carbocycles. The minimum Gasteiger partial charge on any atom is -0.489 e. The maximum Gasteiger partial charge on any atom is 0.251 e. The third kappa shape index (κ3) is 5.29. The topological polar surface area (TPSA) is 38.3 Å². The van der Waals surface area contributed by atoms with Crippen molar-refractivity contribution in [1.82, 2.24) is 5.32 Å². The van der Waals surface area contributed by atoms with E-state index >= 15 is 0 Å². The van der Waals surface area contributed by atoms with Gasteiger partial charge in [-0.05, 0) is 54.8 Å². The van der Waals surface area contributed by atoms with E-state index in [1.165, 1.54) is 0 Å². The molecule has 23 heavy (non-hydrogen) atoms. The Labute approximate surface area is 142 Å². The van der Waals surface area contributed by atoms with E-state index in [0.29, 0.717) is 17.2 Å². The van der Waals surface area contributed by atoms with Crippen LogP contribution in [0.5, 0.6) is 5.75 Å². The molecule has 1 amide bonds. The van der Waals surface area contributed by atoms with Gasteiger partial charge in [-0.15, -0.1) is 0 Å². The average molecular weight is 332 g/mol. The molecule has 1 N–H and O–H groups in total. The van der Waals surface area contributed by atoms with E-state index in [2.05, 4.69) is 19.2 Å². The zero-order valence-corrected chi connectivity index (χ0v) is 14.3. The molecule has 0 saturated carbocycles. The van der Waals surface area contributed by atoms with Gasteiger partial charge in [0.25, 0.3) is 5.91 Å². The summed E-state index contributed by atoms with van der Waals surface area (Å²) in [5, 5.41) is 3.72. The highest BCUT2D eigenvalue weighted by atomic mass is 35.5. The van der Waals surface area contributed by atoms with Crippen LogP contribution in [-0.4, -0.2) is 11.9 Å². The van der Waals surface area contributed by atoms with Crippen molar-refractivity contribution in [3.8, 4) is 5.75 Å². The molecular formula is C19H22ClNO2. The van der Waals surface area contributed by atoms with Crippen molar-refractivity contribution in [3.05, 3.63) is 64.7 Å². The summed E-state index contributed by atoms with van der Waals surface area (Å²) in [7, 11) is 0. The summed E-state index contributed by atoms with van der Waals surface area (Å²) in [5.74, 6) is 0.744. The van der Waals surface area contributed by atoms with Crippen LogP contribution in [0.1, 0.15) is 42.6 Å². The molecule has 0 atom stereocenters. The van der Waals surface area contributed by atoms with E-state index in [0.717, 1.165) is 24.2 Å². The van der Waals surface area contributed by atoms with Crippen molar-refractivity contribution in [1.29, 1.82) is 0 Å². The normalized spacial score (nSPS) is 10.6. The first kappa shape index (κ1) is 17.4. The van der Waals surface area contributed by atoms with Crippen molar-refractivity contribution in [2.75, 3.05) is 0 Å². The second kappa shape index (κ2) is 8.59. The van der Waals surface area contributed by atoms with Gasteiger partial charge in [0, 0.05) is 16.6 Å². The van der Waals surface area contributed by atoms with Gasteiger partial charge in [0.1, 0.15) is 12.4 Å². The Kier molecular flexibility index (Phi) is 6.48. The zero-order valence-electron chi connectivity index (χ0n) is 13.5. The summed E-state index contributed by atoms with van der Waals surface area (Å²) in [4.78, 5) is 12.1. The Bertz CT molecular complexity index is 619. The Morgan fingerprint density at radius 2 is 1.65 bits per heavy atom. The fourth-order valence-electron chi connectivity index (χ4n) is 2.21. The molecule has 0 bridgehead atoms. The van der Waals surface area contributed by atoms with E-state index in [4.69, 9.17) is 16.3 Å². The highest BCUT2D eigenvalue weighted by molar-refractivity contribution is 6.30. The number of amides is 1. The summed E-state index contributed by atoms with van der Waals surface area (Å²) in [6.45, 7) is 4.60. The highest BCUT2D eigenvalue weighted by Crippen LogP contribution is 2.17. The third-order valence-corrected chi connectivity index (χ3v) is 4.01. The SMILES string of the molecule is CCC(CC)NC(=O)c1ccc(COc2ccc(Cl)cc2)cc1. The summed E-state index contributed by atoms with van der Waals surface area (Å²) in [6.07, 6.45) is 1.88. The molecule has 0 aliphatic heterocycles. The van der Waals surface area contributed by atoms with Crippen LogP contribution >= 0.6 is 11.6 Å². The molecule has 0 fully saturated rings. The predicted molar refractivity (Wildman–Crippen MR) is 94.1 cm³/mol. The number of carbonyl (C=O) groups excluding carboxylic acids is 1. The van der Waals surface area contributed by atoms with Gasteiger partial charge in [0.2, 0.25) is 0 Å². The number of hydrogen-bond donors (Lipinski definition) is 1. The van der Waals surface area contributed by atoms with Gasteiger partial charge in [-0.25, -0.2) is 0 Å². The van der Waals surface area contributed by atoms with Crippen LogP contribution in [0.2, 0.25) is 5.02 Å².